The maximum absolute atomic E-state index is 5.97. The minimum absolute atomic E-state index is 0.720. The molecule has 1 aromatic carbocycles. The predicted molar refractivity (Wildman–Crippen MR) is 71.2 cm³/mol. The third kappa shape index (κ3) is 2.39. The molecule has 0 unspecified atom stereocenters. The average Bonchev–Trinajstić information content (AvgIpc) is 2.28. The van der Waals surface area contributed by atoms with Gasteiger partial charge < -0.3 is 0 Å². The molecule has 0 aliphatic heterocycles. The Balaban J connectivity index is 2.55. The van der Waals surface area contributed by atoms with E-state index in [0.717, 1.165) is 16.3 Å². The number of rotatable bonds is 2. The number of nitrogens with zero attached hydrogens (tertiary/aromatic N) is 1. The number of pyridine rings is 1. The van der Waals surface area contributed by atoms with Crippen LogP contribution in [0.3, 0.4) is 0 Å². The number of aromatic nitrogens is 1. The first kappa shape index (κ1) is 11.5. The lowest BCUT2D eigenvalue weighted by molar-refractivity contribution is 1.28. The normalized spacial score (nSPS) is 10.4. The summed E-state index contributed by atoms with van der Waals surface area (Å²) < 4.78 is 0. The molecule has 0 aliphatic rings. The zero-order valence-corrected chi connectivity index (χ0v) is 10.8. The van der Waals surface area contributed by atoms with Crippen LogP contribution in [0.25, 0.3) is 11.3 Å². The summed E-state index contributed by atoms with van der Waals surface area (Å²) in [4.78, 5) is 5.58. The maximum Gasteiger partial charge on any atom is 0.0728 e. The summed E-state index contributed by atoms with van der Waals surface area (Å²) in [5.41, 5.74) is 3.33. The lowest BCUT2D eigenvalue weighted by Crippen LogP contribution is -1.86. The first-order valence-corrected chi connectivity index (χ1v) is 6.57. The minimum Gasteiger partial charge on any atom is -0.256 e. The fourth-order valence-corrected chi connectivity index (χ4v) is 2.42. The van der Waals surface area contributed by atoms with E-state index < -0.39 is 0 Å². The van der Waals surface area contributed by atoms with Gasteiger partial charge in [0.25, 0.3) is 0 Å². The lowest BCUT2D eigenvalue weighted by atomic mass is 10.1. The van der Waals surface area contributed by atoms with Crippen molar-refractivity contribution in [1.29, 1.82) is 0 Å². The number of benzene rings is 1. The molecule has 16 heavy (non-hydrogen) atoms. The van der Waals surface area contributed by atoms with Crippen molar-refractivity contribution in [2.45, 2.75) is 11.8 Å². The molecule has 0 N–H and O–H groups in total. The molecule has 2 aromatic rings. The van der Waals surface area contributed by atoms with Crippen LogP contribution in [-0.4, -0.2) is 11.2 Å². The van der Waals surface area contributed by atoms with E-state index in [2.05, 4.69) is 36.4 Å². The van der Waals surface area contributed by atoms with Gasteiger partial charge >= 0.3 is 0 Å². The highest BCUT2D eigenvalue weighted by atomic mass is 35.5. The predicted octanol–water partition coefficient (Wildman–Crippen LogP) is 4.43. The van der Waals surface area contributed by atoms with Gasteiger partial charge in [-0.25, -0.2) is 0 Å². The fourth-order valence-electron chi connectivity index (χ4n) is 1.56. The molecule has 1 heterocycles. The zero-order valence-electron chi connectivity index (χ0n) is 9.20. The van der Waals surface area contributed by atoms with E-state index >= 15 is 0 Å². The highest BCUT2D eigenvalue weighted by Crippen LogP contribution is 2.30. The van der Waals surface area contributed by atoms with Gasteiger partial charge in [0.1, 0.15) is 0 Å². The molecule has 0 saturated heterocycles. The van der Waals surface area contributed by atoms with Gasteiger partial charge in [-0.05, 0) is 36.9 Å². The standard InChI is InChI=1S/C13H12ClNS/c1-9-3-4-11(13(7-9)16-2)12-8-10(14)5-6-15-12/h3-8H,1-2H3. The number of aryl methyl sites for hydroxylation is 1. The number of thioether (sulfide) groups is 1. The molecular weight excluding hydrogens is 238 g/mol. The Labute approximate surface area is 105 Å². The van der Waals surface area contributed by atoms with Gasteiger partial charge in [0.05, 0.1) is 5.69 Å². The Morgan fingerprint density at radius 3 is 2.69 bits per heavy atom. The Morgan fingerprint density at radius 2 is 2.00 bits per heavy atom. The highest BCUT2D eigenvalue weighted by Gasteiger charge is 2.06. The van der Waals surface area contributed by atoms with Crippen molar-refractivity contribution >= 4 is 23.4 Å². The van der Waals surface area contributed by atoms with Crippen molar-refractivity contribution in [3.63, 3.8) is 0 Å². The quantitative estimate of drug-likeness (QED) is 0.731. The molecule has 0 aliphatic carbocycles. The smallest absolute Gasteiger partial charge is 0.0728 e. The van der Waals surface area contributed by atoms with Crippen LogP contribution in [-0.2, 0) is 0 Å². The molecule has 1 nitrogen and oxygen atoms in total. The molecule has 0 radical (unpaired) electrons. The van der Waals surface area contributed by atoms with Gasteiger partial charge in [-0.3, -0.25) is 4.98 Å². The second kappa shape index (κ2) is 4.89. The summed E-state index contributed by atoms with van der Waals surface area (Å²) in [7, 11) is 0. The molecule has 0 bridgehead atoms. The molecule has 0 atom stereocenters. The van der Waals surface area contributed by atoms with Crippen LogP contribution in [0, 0.1) is 6.92 Å². The Morgan fingerprint density at radius 1 is 1.19 bits per heavy atom. The van der Waals surface area contributed by atoms with Crippen molar-refractivity contribution in [2.75, 3.05) is 6.26 Å². The van der Waals surface area contributed by atoms with E-state index in [1.807, 2.05) is 6.07 Å². The monoisotopic (exact) mass is 249 g/mol. The van der Waals surface area contributed by atoms with Crippen LogP contribution in [0.2, 0.25) is 5.02 Å². The Kier molecular flexibility index (Phi) is 3.52. The van der Waals surface area contributed by atoms with E-state index in [-0.39, 0.29) is 0 Å². The first-order valence-electron chi connectivity index (χ1n) is 4.97. The van der Waals surface area contributed by atoms with E-state index in [0.29, 0.717) is 0 Å². The molecule has 0 spiro atoms. The van der Waals surface area contributed by atoms with Crippen molar-refractivity contribution < 1.29 is 0 Å². The Bertz CT molecular complexity index is 511. The minimum atomic E-state index is 0.720. The zero-order chi connectivity index (χ0) is 11.5. The van der Waals surface area contributed by atoms with Crippen molar-refractivity contribution in [3.8, 4) is 11.3 Å². The van der Waals surface area contributed by atoms with Crippen LogP contribution < -0.4 is 0 Å². The van der Waals surface area contributed by atoms with Crippen LogP contribution >= 0.6 is 23.4 Å². The maximum atomic E-state index is 5.97. The summed E-state index contributed by atoms with van der Waals surface area (Å²) in [6.07, 6.45) is 3.81. The van der Waals surface area contributed by atoms with Gasteiger partial charge in [-0.1, -0.05) is 23.7 Å². The third-order valence-electron chi connectivity index (χ3n) is 2.35. The summed E-state index contributed by atoms with van der Waals surface area (Å²) in [6.45, 7) is 2.09. The number of hydrogen-bond donors (Lipinski definition) is 0. The van der Waals surface area contributed by atoms with Gasteiger partial charge in [-0.15, -0.1) is 11.8 Å². The van der Waals surface area contributed by atoms with Crippen LogP contribution in [0.5, 0.6) is 0 Å². The van der Waals surface area contributed by atoms with E-state index in [9.17, 15) is 0 Å². The fraction of sp³-hybridized carbons (Fsp3) is 0.154. The topological polar surface area (TPSA) is 12.9 Å². The van der Waals surface area contributed by atoms with Crippen LogP contribution in [0.15, 0.2) is 41.4 Å². The molecule has 1 aromatic heterocycles. The van der Waals surface area contributed by atoms with Gasteiger partial charge in [0.15, 0.2) is 0 Å². The van der Waals surface area contributed by atoms with Gasteiger partial charge in [0, 0.05) is 21.7 Å². The average molecular weight is 250 g/mol. The molecule has 0 saturated carbocycles. The molecule has 3 heteroatoms. The molecule has 82 valence electrons. The number of hydrogen-bond acceptors (Lipinski definition) is 2. The van der Waals surface area contributed by atoms with Crippen molar-refractivity contribution in [2.24, 2.45) is 0 Å². The van der Waals surface area contributed by atoms with E-state index in [4.69, 9.17) is 11.6 Å². The van der Waals surface area contributed by atoms with Gasteiger partial charge in [-0.2, -0.15) is 0 Å². The summed E-state index contributed by atoms with van der Waals surface area (Å²) in [5, 5.41) is 0.720. The Hall–Kier alpha value is -0.990. The molecular formula is C13H12ClNS. The molecule has 0 amide bonds. The largest absolute Gasteiger partial charge is 0.256 e. The molecule has 2 rings (SSSR count). The second-order valence-corrected chi connectivity index (χ2v) is 4.85. The summed E-state index contributed by atoms with van der Waals surface area (Å²) in [6, 6.07) is 10.0. The van der Waals surface area contributed by atoms with Gasteiger partial charge in [0.2, 0.25) is 0 Å². The summed E-state index contributed by atoms with van der Waals surface area (Å²) in [5.74, 6) is 0. The summed E-state index contributed by atoms with van der Waals surface area (Å²) >= 11 is 7.70. The third-order valence-corrected chi connectivity index (χ3v) is 3.37. The number of halogens is 1. The lowest BCUT2D eigenvalue weighted by Gasteiger charge is -2.08. The van der Waals surface area contributed by atoms with E-state index in [1.54, 1.807) is 24.0 Å². The van der Waals surface area contributed by atoms with Crippen molar-refractivity contribution in [3.05, 3.63) is 47.1 Å². The SMILES string of the molecule is CSc1cc(C)ccc1-c1cc(Cl)ccn1. The highest BCUT2D eigenvalue weighted by molar-refractivity contribution is 7.98. The first-order chi connectivity index (χ1) is 7.70. The van der Waals surface area contributed by atoms with Crippen LogP contribution in [0.4, 0.5) is 0 Å². The molecule has 0 fully saturated rings. The van der Waals surface area contributed by atoms with E-state index in [1.165, 1.54) is 10.5 Å². The second-order valence-electron chi connectivity index (χ2n) is 3.56. The van der Waals surface area contributed by atoms with Crippen molar-refractivity contribution in [1.82, 2.24) is 4.98 Å². The van der Waals surface area contributed by atoms with Crippen LogP contribution in [0.1, 0.15) is 5.56 Å².